The standard InChI is InChI=1S/C8H12N2O/c1-2-5-10-6-3-8(11)9-4-7-10/h1H,3-7H2,(H,9,11). The predicted octanol–water partition coefficient (Wildman–Crippen LogP) is -0.558. The smallest absolute Gasteiger partial charge is 0.221 e. The van der Waals surface area contributed by atoms with E-state index in [1.165, 1.54) is 0 Å². The molecule has 0 aromatic heterocycles. The van der Waals surface area contributed by atoms with Crippen LogP contribution >= 0.6 is 0 Å². The average Bonchev–Trinajstić information content (AvgIpc) is 2.17. The van der Waals surface area contributed by atoms with E-state index in [4.69, 9.17) is 6.42 Å². The first-order chi connectivity index (χ1) is 5.33. The van der Waals surface area contributed by atoms with E-state index in [1.54, 1.807) is 0 Å². The van der Waals surface area contributed by atoms with Crippen LogP contribution in [0.3, 0.4) is 0 Å². The first-order valence-electron chi connectivity index (χ1n) is 3.75. The van der Waals surface area contributed by atoms with Gasteiger partial charge in [-0.25, -0.2) is 0 Å². The second-order valence-corrected chi connectivity index (χ2v) is 2.58. The Morgan fingerprint density at radius 1 is 1.64 bits per heavy atom. The third kappa shape index (κ3) is 2.60. The molecule has 11 heavy (non-hydrogen) atoms. The lowest BCUT2D eigenvalue weighted by Crippen LogP contribution is -2.28. The summed E-state index contributed by atoms with van der Waals surface area (Å²) in [6.45, 7) is 3.03. The fourth-order valence-corrected chi connectivity index (χ4v) is 1.10. The normalized spacial score (nSPS) is 20.1. The number of nitrogens with zero attached hydrogens (tertiary/aromatic N) is 1. The highest BCUT2D eigenvalue weighted by Crippen LogP contribution is 1.94. The van der Waals surface area contributed by atoms with Crippen molar-refractivity contribution in [2.75, 3.05) is 26.2 Å². The van der Waals surface area contributed by atoms with Crippen molar-refractivity contribution in [2.45, 2.75) is 6.42 Å². The molecule has 0 saturated carbocycles. The van der Waals surface area contributed by atoms with E-state index in [0.29, 0.717) is 13.0 Å². The Balaban J connectivity index is 2.35. The number of carbonyl (C=O) groups is 1. The van der Waals surface area contributed by atoms with Crippen LogP contribution in [0.25, 0.3) is 0 Å². The van der Waals surface area contributed by atoms with Gasteiger partial charge in [0, 0.05) is 26.1 Å². The van der Waals surface area contributed by atoms with Crippen molar-refractivity contribution in [1.29, 1.82) is 0 Å². The van der Waals surface area contributed by atoms with E-state index in [9.17, 15) is 4.79 Å². The SMILES string of the molecule is C#CCN1CCNC(=O)CC1. The van der Waals surface area contributed by atoms with Crippen molar-refractivity contribution in [3.05, 3.63) is 0 Å². The number of carbonyl (C=O) groups excluding carboxylic acids is 1. The van der Waals surface area contributed by atoms with E-state index < -0.39 is 0 Å². The summed E-state index contributed by atoms with van der Waals surface area (Å²) < 4.78 is 0. The summed E-state index contributed by atoms with van der Waals surface area (Å²) in [4.78, 5) is 12.9. The van der Waals surface area contributed by atoms with Gasteiger partial charge in [0.1, 0.15) is 0 Å². The maximum atomic E-state index is 10.8. The highest BCUT2D eigenvalue weighted by molar-refractivity contribution is 5.76. The van der Waals surface area contributed by atoms with E-state index in [-0.39, 0.29) is 5.91 Å². The number of hydrogen-bond acceptors (Lipinski definition) is 2. The van der Waals surface area contributed by atoms with Gasteiger partial charge in [-0.2, -0.15) is 0 Å². The van der Waals surface area contributed by atoms with Gasteiger partial charge in [0.2, 0.25) is 5.91 Å². The molecule has 0 bridgehead atoms. The molecule has 1 N–H and O–H groups in total. The lowest BCUT2D eigenvalue weighted by atomic mass is 10.4. The van der Waals surface area contributed by atoms with Crippen LogP contribution in [0.1, 0.15) is 6.42 Å². The van der Waals surface area contributed by atoms with Crippen LogP contribution in [0, 0.1) is 12.3 Å². The van der Waals surface area contributed by atoms with Crippen molar-refractivity contribution < 1.29 is 4.79 Å². The number of nitrogens with one attached hydrogen (secondary N) is 1. The molecule has 0 aromatic carbocycles. The molecule has 1 amide bonds. The number of rotatable bonds is 1. The molecule has 1 rings (SSSR count). The van der Waals surface area contributed by atoms with E-state index in [0.717, 1.165) is 19.6 Å². The zero-order valence-electron chi connectivity index (χ0n) is 6.47. The molecule has 1 heterocycles. The lowest BCUT2D eigenvalue weighted by molar-refractivity contribution is -0.120. The molecule has 1 fully saturated rings. The van der Waals surface area contributed by atoms with Gasteiger partial charge < -0.3 is 5.32 Å². The fourth-order valence-electron chi connectivity index (χ4n) is 1.10. The number of hydrogen-bond donors (Lipinski definition) is 1. The summed E-state index contributed by atoms with van der Waals surface area (Å²) >= 11 is 0. The van der Waals surface area contributed by atoms with Gasteiger partial charge in [-0.1, -0.05) is 5.92 Å². The Morgan fingerprint density at radius 2 is 2.45 bits per heavy atom. The minimum atomic E-state index is 0.129. The van der Waals surface area contributed by atoms with Crippen LogP contribution in [0.4, 0.5) is 0 Å². The van der Waals surface area contributed by atoms with Crippen LogP contribution in [0.15, 0.2) is 0 Å². The maximum absolute atomic E-state index is 10.8. The van der Waals surface area contributed by atoms with Crippen molar-refractivity contribution in [2.24, 2.45) is 0 Å². The Morgan fingerprint density at radius 3 is 3.18 bits per heavy atom. The summed E-state index contributed by atoms with van der Waals surface area (Å²) in [5, 5.41) is 2.78. The third-order valence-corrected chi connectivity index (χ3v) is 1.72. The third-order valence-electron chi connectivity index (χ3n) is 1.72. The molecule has 0 aromatic rings. The molecule has 0 radical (unpaired) electrons. The van der Waals surface area contributed by atoms with Crippen LogP contribution in [0.5, 0.6) is 0 Å². The summed E-state index contributed by atoms with van der Waals surface area (Å²) in [5.41, 5.74) is 0. The topological polar surface area (TPSA) is 32.3 Å². The predicted molar refractivity (Wildman–Crippen MR) is 42.9 cm³/mol. The van der Waals surface area contributed by atoms with Gasteiger partial charge >= 0.3 is 0 Å². The molecule has 1 saturated heterocycles. The van der Waals surface area contributed by atoms with Gasteiger partial charge in [0.25, 0.3) is 0 Å². The molecule has 0 aliphatic carbocycles. The van der Waals surface area contributed by atoms with Crippen molar-refractivity contribution in [3.63, 3.8) is 0 Å². The van der Waals surface area contributed by atoms with Crippen LogP contribution < -0.4 is 5.32 Å². The zero-order valence-corrected chi connectivity index (χ0v) is 6.47. The average molecular weight is 152 g/mol. The van der Waals surface area contributed by atoms with Crippen LogP contribution in [0.2, 0.25) is 0 Å². The summed E-state index contributed by atoms with van der Waals surface area (Å²) in [6.07, 6.45) is 5.72. The monoisotopic (exact) mass is 152 g/mol. The minimum absolute atomic E-state index is 0.129. The molecule has 3 heteroatoms. The second kappa shape index (κ2) is 3.99. The van der Waals surface area contributed by atoms with Crippen molar-refractivity contribution in [3.8, 4) is 12.3 Å². The number of amides is 1. The molecule has 0 spiro atoms. The van der Waals surface area contributed by atoms with Gasteiger partial charge in [-0.15, -0.1) is 6.42 Å². The number of terminal acetylenes is 1. The molecular formula is C8H12N2O. The van der Waals surface area contributed by atoms with E-state index in [1.807, 2.05) is 0 Å². The van der Waals surface area contributed by atoms with Crippen LogP contribution in [-0.4, -0.2) is 37.0 Å². The lowest BCUT2D eigenvalue weighted by Gasteiger charge is -2.14. The molecular weight excluding hydrogens is 140 g/mol. The molecule has 0 atom stereocenters. The summed E-state index contributed by atoms with van der Waals surface area (Å²) in [7, 11) is 0. The van der Waals surface area contributed by atoms with Gasteiger partial charge in [0.15, 0.2) is 0 Å². The first-order valence-corrected chi connectivity index (χ1v) is 3.75. The Bertz CT molecular complexity index is 183. The highest BCUT2D eigenvalue weighted by atomic mass is 16.1. The molecule has 0 unspecified atom stereocenters. The van der Waals surface area contributed by atoms with Gasteiger partial charge in [0.05, 0.1) is 6.54 Å². The molecule has 3 nitrogen and oxygen atoms in total. The highest BCUT2D eigenvalue weighted by Gasteiger charge is 2.11. The first kappa shape index (κ1) is 8.09. The fraction of sp³-hybridized carbons (Fsp3) is 0.625. The largest absolute Gasteiger partial charge is 0.355 e. The second-order valence-electron chi connectivity index (χ2n) is 2.58. The Hall–Kier alpha value is -1.01. The maximum Gasteiger partial charge on any atom is 0.221 e. The zero-order chi connectivity index (χ0) is 8.10. The van der Waals surface area contributed by atoms with E-state index >= 15 is 0 Å². The quantitative estimate of drug-likeness (QED) is 0.511. The molecule has 60 valence electrons. The van der Waals surface area contributed by atoms with Gasteiger partial charge in [-0.3, -0.25) is 9.69 Å². The van der Waals surface area contributed by atoms with Crippen molar-refractivity contribution >= 4 is 5.91 Å². The minimum Gasteiger partial charge on any atom is -0.355 e. The van der Waals surface area contributed by atoms with Crippen molar-refractivity contribution in [1.82, 2.24) is 10.2 Å². The van der Waals surface area contributed by atoms with E-state index in [2.05, 4.69) is 16.1 Å². The summed E-state index contributed by atoms with van der Waals surface area (Å²) in [6, 6.07) is 0. The molecule has 1 aliphatic heterocycles. The Kier molecular flexibility index (Phi) is 2.94. The Labute approximate surface area is 66.8 Å². The molecule has 1 aliphatic rings. The van der Waals surface area contributed by atoms with Gasteiger partial charge in [-0.05, 0) is 0 Å². The van der Waals surface area contributed by atoms with Crippen LogP contribution in [-0.2, 0) is 4.79 Å². The summed E-state index contributed by atoms with van der Waals surface area (Å²) in [5.74, 6) is 2.70.